The summed E-state index contributed by atoms with van der Waals surface area (Å²) in [6.45, 7) is -0.312. The van der Waals surface area contributed by atoms with E-state index in [-0.39, 0.29) is 6.54 Å². The number of ether oxygens (including phenoxy) is 2. The summed E-state index contributed by atoms with van der Waals surface area (Å²) in [7, 11) is -2.72. The Labute approximate surface area is 166 Å². The van der Waals surface area contributed by atoms with E-state index in [2.05, 4.69) is 25.4 Å². The van der Waals surface area contributed by atoms with Crippen molar-refractivity contribution in [3.63, 3.8) is 0 Å². The SMILES string of the molecule is CO[C@@H]1O[C@H](CN=[N+]=[N-])[C@H](OS(C)(=O)=O)[C@@H](N=[N+]=[N-])[C@H]1NC(=O)c1ccccc1. The standard InChI is InChI=1S/C15H19N7O6S/c1-26-15-12(19-14(23)9-6-4-3-5-7-9)11(20-22-17)13(28-29(2,24)25)10(27-15)8-18-21-16/h3-7,10-13,15H,8H2,1-2H3,(H,19,23)/t10-,11+,12-,13+,15-/m1/s1. The molecule has 13 nitrogen and oxygen atoms in total. The average molecular weight is 425 g/mol. The Balaban J connectivity index is 2.42. The molecule has 1 amide bonds. The Morgan fingerprint density at radius 3 is 2.52 bits per heavy atom. The molecule has 29 heavy (non-hydrogen) atoms. The molecule has 0 unspecified atom stereocenters. The van der Waals surface area contributed by atoms with Crippen molar-refractivity contribution in [1.82, 2.24) is 5.32 Å². The van der Waals surface area contributed by atoms with Crippen LogP contribution in [0.2, 0.25) is 0 Å². The number of nitrogens with one attached hydrogen (secondary N) is 1. The highest BCUT2D eigenvalue weighted by Gasteiger charge is 2.48. The van der Waals surface area contributed by atoms with Gasteiger partial charge in [-0.25, -0.2) is 0 Å². The smallest absolute Gasteiger partial charge is 0.264 e. The summed E-state index contributed by atoms with van der Waals surface area (Å²) >= 11 is 0. The van der Waals surface area contributed by atoms with Crippen LogP contribution in [0, 0.1) is 0 Å². The molecule has 156 valence electrons. The lowest BCUT2D eigenvalue weighted by molar-refractivity contribution is -0.221. The molecular formula is C15H19N7O6S. The fourth-order valence-corrected chi connectivity index (χ4v) is 3.52. The quantitative estimate of drug-likeness (QED) is 0.284. The lowest BCUT2D eigenvalue weighted by Gasteiger charge is -2.43. The van der Waals surface area contributed by atoms with Crippen LogP contribution in [0.3, 0.4) is 0 Å². The van der Waals surface area contributed by atoms with E-state index in [0.717, 1.165) is 6.26 Å². The van der Waals surface area contributed by atoms with Crippen LogP contribution in [0.1, 0.15) is 10.4 Å². The fourth-order valence-electron chi connectivity index (χ4n) is 2.88. The molecule has 14 heteroatoms. The number of carbonyl (C=O) groups is 1. The first-order valence-electron chi connectivity index (χ1n) is 8.28. The molecule has 1 aromatic rings. The van der Waals surface area contributed by atoms with Crippen LogP contribution in [-0.2, 0) is 23.8 Å². The number of rotatable bonds is 8. The van der Waals surface area contributed by atoms with Gasteiger partial charge in [0.1, 0.15) is 6.10 Å². The van der Waals surface area contributed by atoms with Crippen LogP contribution in [0.5, 0.6) is 0 Å². The summed E-state index contributed by atoms with van der Waals surface area (Å²) in [5.74, 6) is -0.522. The molecule has 0 aliphatic carbocycles. The van der Waals surface area contributed by atoms with E-state index in [0.29, 0.717) is 5.56 Å². The van der Waals surface area contributed by atoms with Crippen LogP contribution in [-0.4, -0.2) is 64.8 Å². The fraction of sp³-hybridized carbons (Fsp3) is 0.533. The van der Waals surface area contributed by atoms with Crippen molar-refractivity contribution in [2.75, 3.05) is 19.9 Å². The van der Waals surface area contributed by atoms with E-state index in [1.165, 1.54) is 7.11 Å². The van der Waals surface area contributed by atoms with Crippen LogP contribution in [0.4, 0.5) is 0 Å². The second kappa shape index (κ2) is 10.1. The van der Waals surface area contributed by atoms with Gasteiger partial charge in [0.05, 0.1) is 31.0 Å². The van der Waals surface area contributed by atoms with Gasteiger partial charge in [-0.05, 0) is 23.2 Å². The van der Waals surface area contributed by atoms with Gasteiger partial charge >= 0.3 is 0 Å². The molecule has 1 heterocycles. The third-order valence-electron chi connectivity index (χ3n) is 4.03. The Kier molecular flexibility index (Phi) is 7.79. The molecule has 0 saturated carbocycles. The van der Waals surface area contributed by atoms with Crippen molar-refractivity contribution >= 4 is 16.0 Å². The first-order valence-corrected chi connectivity index (χ1v) is 10.1. The van der Waals surface area contributed by atoms with E-state index >= 15 is 0 Å². The largest absolute Gasteiger partial charge is 0.354 e. The minimum Gasteiger partial charge on any atom is -0.354 e. The maximum absolute atomic E-state index is 12.6. The van der Waals surface area contributed by atoms with E-state index < -0.39 is 46.6 Å². The molecule has 0 bridgehead atoms. The lowest BCUT2D eigenvalue weighted by Crippen LogP contribution is -2.64. The molecule has 2 rings (SSSR count). The Morgan fingerprint density at radius 2 is 1.97 bits per heavy atom. The van der Waals surface area contributed by atoms with E-state index in [4.69, 9.17) is 24.7 Å². The average Bonchev–Trinajstić information content (AvgIpc) is 2.69. The number of amides is 1. The third-order valence-corrected chi connectivity index (χ3v) is 4.61. The van der Waals surface area contributed by atoms with E-state index in [9.17, 15) is 13.2 Å². The normalized spacial score (nSPS) is 26.6. The molecule has 1 N–H and O–H groups in total. The number of hydrogen-bond donors (Lipinski definition) is 1. The van der Waals surface area contributed by atoms with Crippen LogP contribution in [0.15, 0.2) is 40.6 Å². The zero-order valence-corrected chi connectivity index (χ0v) is 16.3. The topological polar surface area (TPSA) is 188 Å². The van der Waals surface area contributed by atoms with Gasteiger partial charge in [0.15, 0.2) is 6.29 Å². The van der Waals surface area contributed by atoms with Gasteiger partial charge < -0.3 is 14.8 Å². The Morgan fingerprint density at radius 1 is 1.28 bits per heavy atom. The molecule has 0 aromatic heterocycles. The van der Waals surface area contributed by atoms with Gasteiger partial charge in [-0.1, -0.05) is 28.4 Å². The van der Waals surface area contributed by atoms with Crippen molar-refractivity contribution in [2.24, 2.45) is 10.2 Å². The van der Waals surface area contributed by atoms with Gasteiger partial charge in [-0.3, -0.25) is 8.98 Å². The zero-order chi connectivity index (χ0) is 21.4. The maximum Gasteiger partial charge on any atom is 0.264 e. The second-order valence-corrected chi connectivity index (χ2v) is 7.62. The molecule has 1 fully saturated rings. The molecule has 1 aliphatic heterocycles. The van der Waals surface area contributed by atoms with Crippen LogP contribution < -0.4 is 5.32 Å². The van der Waals surface area contributed by atoms with Gasteiger partial charge in [-0.2, -0.15) is 8.42 Å². The van der Waals surface area contributed by atoms with Gasteiger partial charge in [0.2, 0.25) is 0 Å². The molecular weight excluding hydrogens is 406 g/mol. The number of benzene rings is 1. The summed E-state index contributed by atoms with van der Waals surface area (Å²) in [6, 6.07) is 5.87. The number of carbonyl (C=O) groups excluding carboxylic acids is 1. The van der Waals surface area contributed by atoms with E-state index in [1.807, 2.05) is 0 Å². The molecule has 1 saturated heterocycles. The van der Waals surface area contributed by atoms with Gasteiger partial charge in [0.25, 0.3) is 16.0 Å². The van der Waals surface area contributed by atoms with Crippen LogP contribution >= 0.6 is 0 Å². The van der Waals surface area contributed by atoms with Crippen molar-refractivity contribution in [3.05, 3.63) is 56.8 Å². The summed E-state index contributed by atoms with van der Waals surface area (Å²) in [5, 5.41) is 9.62. The summed E-state index contributed by atoms with van der Waals surface area (Å²) in [6.07, 6.45) is -2.79. The molecule has 5 atom stereocenters. The summed E-state index contributed by atoms with van der Waals surface area (Å²) in [4.78, 5) is 17.9. The van der Waals surface area contributed by atoms with Gasteiger partial charge in [0, 0.05) is 22.5 Å². The Hall–Kier alpha value is -2.86. The highest BCUT2D eigenvalue weighted by Crippen LogP contribution is 2.28. The first kappa shape index (κ1) is 22.4. The summed E-state index contributed by atoms with van der Waals surface area (Å²) in [5.41, 5.74) is 17.9. The van der Waals surface area contributed by atoms with Gasteiger partial charge in [-0.15, -0.1) is 0 Å². The Bertz CT molecular complexity index is 914. The minimum absolute atomic E-state index is 0.312. The number of methoxy groups -OCH3 is 1. The lowest BCUT2D eigenvalue weighted by atomic mass is 9.94. The molecule has 1 aromatic carbocycles. The monoisotopic (exact) mass is 425 g/mol. The minimum atomic E-state index is -4.01. The molecule has 0 spiro atoms. The zero-order valence-electron chi connectivity index (χ0n) is 15.5. The van der Waals surface area contributed by atoms with Crippen molar-refractivity contribution in [1.29, 1.82) is 0 Å². The second-order valence-electron chi connectivity index (χ2n) is 6.02. The van der Waals surface area contributed by atoms with Crippen molar-refractivity contribution in [2.45, 2.75) is 30.6 Å². The predicted octanol–water partition coefficient (Wildman–Crippen LogP) is 1.49. The predicted molar refractivity (Wildman–Crippen MR) is 100 cm³/mol. The highest BCUT2D eigenvalue weighted by atomic mass is 32.2. The molecule has 0 radical (unpaired) electrons. The van der Waals surface area contributed by atoms with Crippen molar-refractivity contribution < 1.29 is 26.9 Å². The third kappa shape index (κ3) is 6.06. The maximum atomic E-state index is 12.6. The number of hydrogen-bond acceptors (Lipinski definition) is 8. The van der Waals surface area contributed by atoms with Crippen molar-refractivity contribution in [3.8, 4) is 0 Å². The first-order chi connectivity index (χ1) is 13.8. The number of azide groups is 2. The molecule has 1 aliphatic rings. The van der Waals surface area contributed by atoms with E-state index in [1.54, 1.807) is 30.3 Å². The number of nitrogens with zero attached hydrogens (tertiary/aromatic N) is 6. The highest BCUT2D eigenvalue weighted by molar-refractivity contribution is 7.86. The summed E-state index contributed by atoms with van der Waals surface area (Å²) < 4.78 is 39.4. The van der Waals surface area contributed by atoms with Crippen LogP contribution in [0.25, 0.3) is 20.9 Å².